The van der Waals surface area contributed by atoms with Crippen molar-refractivity contribution in [3.05, 3.63) is 28.8 Å². The van der Waals surface area contributed by atoms with Crippen molar-refractivity contribution in [3.63, 3.8) is 0 Å². The molecule has 0 heterocycles. The minimum atomic E-state index is -3.15. The minimum Gasteiger partial charge on any atom is -0.495 e. The first kappa shape index (κ1) is 15.2. The molecule has 102 valence electrons. The molecule has 0 unspecified atom stereocenters. The molecule has 1 aromatic carbocycles. The Hall–Kier alpha value is -0.820. The summed E-state index contributed by atoms with van der Waals surface area (Å²) >= 11 is 5.98. The number of hydrogen-bond acceptors (Lipinski definition) is 4. The van der Waals surface area contributed by atoms with Crippen LogP contribution in [-0.4, -0.2) is 34.9 Å². The van der Waals surface area contributed by atoms with E-state index in [0.717, 1.165) is 5.56 Å². The number of rotatable bonds is 7. The average Bonchev–Trinajstić information content (AvgIpc) is 2.35. The number of sulfonamides is 1. The first-order valence-corrected chi connectivity index (χ1v) is 7.46. The van der Waals surface area contributed by atoms with Crippen LogP contribution in [0.3, 0.4) is 0 Å². The van der Waals surface area contributed by atoms with Crippen LogP contribution in [0.15, 0.2) is 18.2 Å². The van der Waals surface area contributed by atoms with Crippen LogP contribution in [0.5, 0.6) is 5.75 Å². The van der Waals surface area contributed by atoms with Crippen molar-refractivity contribution in [2.75, 3.05) is 26.5 Å². The number of hydrogen-bond donors (Lipinski definition) is 2. The molecule has 18 heavy (non-hydrogen) atoms. The highest BCUT2D eigenvalue weighted by Crippen LogP contribution is 2.24. The predicted octanol–water partition coefficient (Wildman–Crippen LogP) is 0.987. The second kappa shape index (κ2) is 6.94. The van der Waals surface area contributed by atoms with Gasteiger partial charge in [0.1, 0.15) is 5.75 Å². The molecule has 1 aromatic rings. The Morgan fingerprint density at radius 2 is 2.11 bits per heavy atom. The summed E-state index contributed by atoms with van der Waals surface area (Å²) in [6.07, 6.45) is 0. The van der Waals surface area contributed by atoms with E-state index in [0.29, 0.717) is 23.9 Å². The lowest BCUT2D eigenvalue weighted by Gasteiger charge is -2.08. The fourth-order valence-corrected chi connectivity index (χ4v) is 2.26. The van der Waals surface area contributed by atoms with Crippen LogP contribution < -0.4 is 14.8 Å². The molecule has 7 heteroatoms. The van der Waals surface area contributed by atoms with E-state index in [1.165, 1.54) is 7.05 Å². The third-order valence-electron chi connectivity index (χ3n) is 2.40. The molecular weight excluding hydrogens is 276 g/mol. The zero-order valence-electron chi connectivity index (χ0n) is 10.4. The summed E-state index contributed by atoms with van der Waals surface area (Å²) in [4.78, 5) is 0. The fourth-order valence-electron chi connectivity index (χ4n) is 1.36. The maximum atomic E-state index is 11.2. The quantitative estimate of drug-likeness (QED) is 0.736. The summed E-state index contributed by atoms with van der Waals surface area (Å²) in [6, 6.07) is 5.45. The third kappa shape index (κ3) is 4.81. The van der Waals surface area contributed by atoms with Crippen molar-refractivity contribution < 1.29 is 13.2 Å². The Kier molecular flexibility index (Phi) is 5.87. The molecule has 0 aliphatic heterocycles. The summed E-state index contributed by atoms with van der Waals surface area (Å²) in [5, 5.41) is 3.58. The van der Waals surface area contributed by atoms with Crippen molar-refractivity contribution in [3.8, 4) is 5.75 Å². The van der Waals surface area contributed by atoms with Crippen molar-refractivity contribution >= 4 is 21.6 Å². The van der Waals surface area contributed by atoms with E-state index in [4.69, 9.17) is 16.3 Å². The second-order valence-corrected chi connectivity index (χ2v) is 6.12. The standard InChI is InChI=1S/C11H17ClN2O3S/c1-13-18(15,16)6-5-14-8-9-3-4-11(17-2)10(12)7-9/h3-4,7,13-14H,5-6,8H2,1-2H3. The van der Waals surface area contributed by atoms with Crippen molar-refractivity contribution in [2.24, 2.45) is 0 Å². The van der Waals surface area contributed by atoms with Crippen LogP contribution in [0.25, 0.3) is 0 Å². The Morgan fingerprint density at radius 1 is 1.39 bits per heavy atom. The van der Waals surface area contributed by atoms with Gasteiger partial charge in [0, 0.05) is 13.1 Å². The van der Waals surface area contributed by atoms with Gasteiger partial charge in [-0.05, 0) is 24.7 Å². The van der Waals surface area contributed by atoms with Crippen LogP contribution in [-0.2, 0) is 16.6 Å². The molecule has 0 aliphatic rings. The van der Waals surface area contributed by atoms with E-state index >= 15 is 0 Å². The molecule has 0 amide bonds. The van der Waals surface area contributed by atoms with Crippen LogP contribution >= 0.6 is 11.6 Å². The van der Waals surface area contributed by atoms with Gasteiger partial charge in [0.05, 0.1) is 17.9 Å². The van der Waals surface area contributed by atoms with E-state index in [9.17, 15) is 8.42 Å². The largest absolute Gasteiger partial charge is 0.495 e. The van der Waals surface area contributed by atoms with Crippen LogP contribution in [0, 0.1) is 0 Å². The zero-order valence-corrected chi connectivity index (χ0v) is 11.9. The highest BCUT2D eigenvalue weighted by Gasteiger charge is 2.06. The molecule has 0 bridgehead atoms. The molecule has 0 atom stereocenters. The summed E-state index contributed by atoms with van der Waals surface area (Å²) in [5.41, 5.74) is 0.975. The molecule has 5 nitrogen and oxygen atoms in total. The number of methoxy groups -OCH3 is 1. The van der Waals surface area contributed by atoms with Gasteiger partial charge in [-0.15, -0.1) is 0 Å². The first-order valence-electron chi connectivity index (χ1n) is 5.43. The lowest BCUT2D eigenvalue weighted by molar-refractivity contribution is 0.415. The highest BCUT2D eigenvalue weighted by molar-refractivity contribution is 7.89. The van der Waals surface area contributed by atoms with Crippen LogP contribution in [0.4, 0.5) is 0 Å². The highest BCUT2D eigenvalue weighted by atomic mass is 35.5. The number of benzene rings is 1. The van der Waals surface area contributed by atoms with E-state index in [2.05, 4.69) is 10.0 Å². The number of nitrogens with one attached hydrogen (secondary N) is 2. The average molecular weight is 293 g/mol. The molecule has 0 spiro atoms. The summed E-state index contributed by atoms with van der Waals surface area (Å²) in [5.74, 6) is 0.672. The lowest BCUT2D eigenvalue weighted by Crippen LogP contribution is -2.29. The van der Waals surface area contributed by atoms with Gasteiger partial charge >= 0.3 is 0 Å². The van der Waals surface area contributed by atoms with Crippen molar-refractivity contribution in [1.82, 2.24) is 10.0 Å². The SMILES string of the molecule is CNS(=O)(=O)CCNCc1ccc(OC)c(Cl)c1. The van der Waals surface area contributed by atoms with E-state index in [-0.39, 0.29) is 5.75 Å². The maximum absolute atomic E-state index is 11.2. The van der Waals surface area contributed by atoms with Gasteiger partial charge in [0.15, 0.2) is 0 Å². The molecule has 2 N–H and O–H groups in total. The molecule has 0 aromatic heterocycles. The van der Waals surface area contributed by atoms with E-state index < -0.39 is 10.0 Å². The van der Waals surface area contributed by atoms with Gasteiger partial charge in [0.25, 0.3) is 0 Å². The Morgan fingerprint density at radius 3 is 2.67 bits per heavy atom. The van der Waals surface area contributed by atoms with Crippen LogP contribution in [0.1, 0.15) is 5.56 Å². The number of ether oxygens (including phenoxy) is 1. The van der Waals surface area contributed by atoms with Crippen molar-refractivity contribution in [2.45, 2.75) is 6.54 Å². The molecular formula is C11H17ClN2O3S. The maximum Gasteiger partial charge on any atom is 0.212 e. The van der Waals surface area contributed by atoms with Gasteiger partial charge in [-0.25, -0.2) is 13.1 Å². The topological polar surface area (TPSA) is 67.4 Å². The lowest BCUT2D eigenvalue weighted by atomic mass is 10.2. The number of halogens is 1. The van der Waals surface area contributed by atoms with Gasteiger partial charge < -0.3 is 10.1 Å². The fraction of sp³-hybridized carbons (Fsp3) is 0.455. The van der Waals surface area contributed by atoms with Gasteiger partial charge in [-0.3, -0.25) is 0 Å². The van der Waals surface area contributed by atoms with Crippen LogP contribution in [0.2, 0.25) is 5.02 Å². The first-order chi connectivity index (χ1) is 8.48. The summed E-state index contributed by atoms with van der Waals surface area (Å²) in [7, 11) is -0.193. The monoisotopic (exact) mass is 292 g/mol. The molecule has 0 saturated heterocycles. The Bertz CT molecular complexity index is 491. The molecule has 0 fully saturated rings. The normalized spacial score (nSPS) is 11.5. The summed E-state index contributed by atoms with van der Waals surface area (Å²) in [6.45, 7) is 0.940. The molecule has 1 rings (SSSR count). The van der Waals surface area contributed by atoms with Gasteiger partial charge in [-0.2, -0.15) is 0 Å². The van der Waals surface area contributed by atoms with Crippen molar-refractivity contribution in [1.29, 1.82) is 0 Å². The molecule has 0 radical (unpaired) electrons. The Balaban J connectivity index is 2.43. The molecule has 0 aliphatic carbocycles. The second-order valence-electron chi connectivity index (χ2n) is 3.67. The summed E-state index contributed by atoms with van der Waals surface area (Å²) < 4.78 is 29.6. The Labute approximate surface area is 113 Å². The third-order valence-corrected chi connectivity index (χ3v) is 4.06. The van der Waals surface area contributed by atoms with E-state index in [1.807, 2.05) is 6.07 Å². The van der Waals surface area contributed by atoms with E-state index in [1.54, 1.807) is 19.2 Å². The van der Waals surface area contributed by atoms with Gasteiger partial charge in [-0.1, -0.05) is 17.7 Å². The van der Waals surface area contributed by atoms with Gasteiger partial charge in [0.2, 0.25) is 10.0 Å². The smallest absolute Gasteiger partial charge is 0.212 e. The molecule has 0 saturated carbocycles. The predicted molar refractivity (Wildman–Crippen MR) is 72.6 cm³/mol. The minimum absolute atomic E-state index is 0.0490. The zero-order chi connectivity index (χ0) is 13.6.